The van der Waals surface area contributed by atoms with Gasteiger partial charge in [-0.2, -0.15) is 5.26 Å². The molecule has 0 aromatic heterocycles. The quantitative estimate of drug-likeness (QED) is 0.921. The highest BCUT2D eigenvalue weighted by molar-refractivity contribution is 6.32. The molecule has 1 N–H and O–H groups in total. The Hall–Kier alpha value is -2.32. The van der Waals surface area contributed by atoms with Gasteiger partial charge in [0.15, 0.2) is 11.6 Å². The Morgan fingerprint density at radius 2 is 1.85 bits per heavy atom. The lowest BCUT2D eigenvalue weighted by Crippen LogP contribution is -1.99. The van der Waals surface area contributed by atoms with E-state index in [-0.39, 0.29) is 11.3 Å². The predicted molar refractivity (Wildman–Crippen MR) is 72.4 cm³/mol. The molecule has 0 fully saturated rings. The van der Waals surface area contributed by atoms with Crippen LogP contribution in [0.1, 0.15) is 5.56 Å². The minimum absolute atomic E-state index is 0.0840. The average Bonchev–Trinajstić information content (AvgIpc) is 2.44. The third-order valence-electron chi connectivity index (χ3n) is 2.59. The fourth-order valence-corrected chi connectivity index (χ4v) is 1.83. The van der Waals surface area contributed by atoms with E-state index in [1.54, 1.807) is 18.2 Å². The van der Waals surface area contributed by atoms with E-state index in [0.717, 1.165) is 12.1 Å². The first-order valence-electron chi connectivity index (χ1n) is 5.55. The van der Waals surface area contributed by atoms with Crippen molar-refractivity contribution in [2.45, 2.75) is 0 Å². The molecule has 0 bridgehead atoms. The van der Waals surface area contributed by atoms with Gasteiger partial charge in [-0.15, -0.1) is 0 Å². The molecule has 0 saturated carbocycles. The Balaban J connectivity index is 2.38. The van der Waals surface area contributed by atoms with Crippen LogP contribution in [0.15, 0.2) is 30.3 Å². The molecule has 0 radical (unpaired) electrons. The van der Waals surface area contributed by atoms with Gasteiger partial charge in [-0.3, -0.25) is 0 Å². The van der Waals surface area contributed by atoms with Crippen molar-refractivity contribution in [1.29, 1.82) is 5.26 Å². The molecule has 3 nitrogen and oxygen atoms in total. The maximum Gasteiger partial charge on any atom is 0.150 e. The summed E-state index contributed by atoms with van der Waals surface area (Å²) in [6.45, 7) is 0. The van der Waals surface area contributed by atoms with Crippen LogP contribution in [0.25, 0.3) is 0 Å². The number of anilines is 2. The largest absolute Gasteiger partial charge is 0.495 e. The van der Waals surface area contributed by atoms with Gasteiger partial charge in [0, 0.05) is 11.8 Å². The van der Waals surface area contributed by atoms with Crippen molar-refractivity contribution >= 4 is 23.0 Å². The number of hydrogen-bond acceptors (Lipinski definition) is 3. The summed E-state index contributed by atoms with van der Waals surface area (Å²) in [5.41, 5.74) is -0.0126. The zero-order valence-electron chi connectivity index (χ0n) is 10.4. The maximum atomic E-state index is 13.7. The molecule has 2 aromatic rings. The zero-order chi connectivity index (χ0) is 14.7. The molecule has 0 heterocycles. The van der Waals surface area contributed by atoms with E-state index >= 15 is 0 Å². The lowest BCUT2D eigenvalue weighted by molar-refractivity contribution is 0.415. The Morgan fingerprint density at radius 3 is 2.40 bits per heavy atom. The number of rotatable bonds is 3. The molecule has 0 unspecified atom stereocenters. The van der Waals surface area contributed by atoms with Crippen molar-refractivity contribution in [3.63, 3.8) is 0 Å². The molecule has 2 aromatic carbocycles. The van der Waals surface area contributed by atoms with Crippen LogP contribution >= 0.6 is 11.6 Å². The van der Waals surface area contributed by atoms with Gasteiger partial charge in [-0.05, 0) is 24.3 Å². The maximum absolute atomic E-state index is 13.7. The Kier molecular flexibility index (Phi) is 4.06. The Bertz CT molecular complexity index is 675. The van der Waals surface area contributed by atoms with Crippen LogP contribution in [0.4, 0.5) is 20.2 Å². The number of nitrogens with one attached hydrogen (secondary N) is 1. The van der Waals surface area contributed by atoms with Gasteiger partial charge in [-0.1, -0.05) is 11.6 Å². The first-order chi connectivity index (χ1) is 9.55. The van der Waals surface area contributed by atoms with E-state index in [1.807, 2.05) is 0 Å². The average molecular weight is 295 g/mol. The number of nitrogens with zero attached hydrogens (tertiary/aromatic N) is 1. The molecule has 0 atom stereocenters. The zero-order valence-corrected chi connectivity index (χ0v) is 11.1. The smallest absolute Gasteiger partial charge is 0.150 e. The second-order valence-electron chi connectivity index (χ2n) is 3.90. The Labute approximate surface area is 119 Å². The molecule has 0 aliphatic heterocycles. The number of hydrogen-bond donors (Lipinski definition) is 1. The van der Waals surface area contributed by atoms with Gasteiger partial charge in [0.25, 0.3) is 0 Å². The van der Waals surface area contributed by atoms with Crippen molar-refractivity contribution in [2.24, 2.45) is 0 Å². The third-order valence-corrected chi connectivity index (χ3v) is 2.90. The fraction of sp³-hybridized carbons (Fsp3) is 0.0714. The van der Waals surface area contributed by atoms with Crippen LogP contribution < -0.4 is 10.1 Å². The standard InChI is InChI=1S/C14H9ClF2N2O/c1-20-13-6-9(2-3-10(13)15)19-14-11(16)4-8(7-18)5-12(14)17/h2-6,19H,1H3. The highest BCUT2D eigenvalue weighted by Gasteiger charge is 2.12. The van der Waals surface area contributed by atoms with Crippen LogP contribution in [-0.2, 0) is 0 Å². The van der Waals surface area contributed by atoms with Crippen LogP contribution in [0.5, 0.6) is 5.75 Å². The number of benzene rings is 2. The van der Waals surface area contributed by atoms with Gasteiger partial charge in [-0.25, -0.2) is 8.78 Å². The highest BCUT2D eigenvalue weighted by atomic mass is 35.5. The summed E-state index contributed by atoms with van der Waals surface area (Å²) in [4.78, 5) is 0. The minimum Gasteiger partial charge on any atom is -0.495 e. The monoisotopic (exact) mass is 294 g/mol. The molecule has 20 heavy (non-hydrogen) atoms. The lowest BCUT2D eigenvalue weighted by Gasteiger charge is -2.11. The van der Waals surface area contributed by atoms with Gasteiger partial charge in [0.05, 0.1) is 23.8 Å². The van der Waals surface area contributed by atoms with E-state index in [1.165, 1.54) is 13.2 Å². The molecule has 2 rings (SSSR count). The van der Waals surface area contributed by atoms with E-state index in [4.69, 9.17) is 21.6 Å². The fourth-order valence-electron chi connectivity index (χ4n) is 1.64. The van der Waals surface area contributed by atoms with Crippen LogP contribution in [0.3, 0.4) is 0 Å². The first kappa shape index (κ1) is 14.1. The van der Waals surface area contributed by atoms with Crippen molar-refractivity contribution in [2.75, 3.05) is 12.4 Å². The number of ether oxygens (including phenoxy) is 1. The topological polar surface area (TPSA) is 45.0 Å². The minimum atomic E-state index is -0.851. The molecular formula is C14H9ClF2N2O. The third kappa shape index (κ3) is 2.81. The SMILES string of the molecule is COc1cc(Nc2c(F)cc(C#N)cc2F)ccc1Cl. The van der Waals surface area contributed by atoms with Gasteiger partial charge in [0.1, 0.15) is 11.4 Å². The van der Waals surface area contributed by atoms with Crippen molar-refractivity contribution in [3.8, 4) is 11.8 Å². The first-order valence-corrected chi connectivity index (χ1v) is 5.92. The number of methoxy groups -OCH3 is 1. The summed E-state index contributed by atoms with van der Waals surface area (Å²) in [6.07, 6.45) is 0. The molecule has 0 spiro atoms. The molecule has 0 amide bonds. The molecule has 6 heteroatoms. The molecular weight excluding hydrogens is 286 g/mol. The van der Waals surface area contributed by atoms with Crippen molar-refractivity contribution < 1.29 is 13.5 Å². The van der Waals surface area contributed by atoms with Crippen molar-refractivity contribution in [3.05, 3.63) is 52.6 Å². The number of halogens is 3. The van der Waals surface area contributed by atoms with E-state index in [2.05, 4.69) is 5.32 Å². The van der Waals surface area contributed by atoms with Crippen LogP contribution in [0.2, 0.25) is 5.02 Å². The van der Waals surface area contributed by atoms with Crippen molar-refractivity contribution in [1.82, 2.24) is 0 Å². The summed E-state index contributed by atoms with van der Waals surface area (Å²) in [6, 6.07) is 8.21. The van der Waals surface area contributed by atoms with Gasteiger partial charge in [0.2, 0.25) is 0 Å². The van der Waals surface area contributed by atoms with E-state index in [0.29, 0.717) is 16.5 Å². The summed E-state index contributed by atoms with van der Waals surface area (Å²) in [5, 5.41) is 11.6. The summed E-state index contributed by atoms with van der Waals surface area (Å²) in [5.74, 6) is -1.32. The molecule has 102 valence electrons. The second kappa shape index (κ2) is 5.76. The Morgan fingerprint density at radius 1 is 1.20 bits per heavy atom. The van der Waals surface area contributed by atoms with E-state index < -0.39 is 11.6 Å². The molecule has 0 aliphatic rings. The summed E-state index contributed by atoms with van der Waals surface area (Å²) < 4.78 is 32.5. The van der Waals surface area contributed by atoms with Crippen LogP contribution in [-0.4, -0.2) is 7.11 Å². The normalized spacial score (nSPS) is 9.95. The van der Waals surface area contributed by atoms with Gasteiger partial charge < -0.3 is 10.1 Å². The second-order valence-corrected chi connectivity index (χ2v) is 4.31. The van der Waals surface area contributed by atoms with E-state index in [9.17, 15) is 8.78 Å². The van der Waals surface area contributed by atoms with Gasteiger partial charge >= 0.3 is 0 Å². The number of nitriles is 1. The van der Waals surface area contributed by atoms with Crippen LogP contribution in [0, 0.1) is 23.0 Å². The highest BCUT2D eigenvalue weighted by Crippen LogP contribution is 2.30. The molecule has 0 saturated heterocycles. The summed E-state index contributed by atoms with van der Waals surface area (Å²) in [7, 11) is 1.44. The molecule has 0 aliphatic carbocycles. The predicted octanol–water partition coefficient (Wildman–Crippen LogP) is 4.24. The summed E-state index contributed by atoms with van der Waals surface area (Å²) >= 11 is 5.86. The lowest BCUT2D eigenvalue weighted by atomic mass is 10.2.